The van der Waals surface area contributed by atoms with Crippen molar-refractivity contribution in [3.63, 3.8) is 0 Å². The van der Waals surface area contributed by atoms with Crippen molar-refractivity contribution in [1.82, 2.24) is 4.98 Å². The van der Waals surface area contributed by atoms with Crippen LogP contribution in [0.1, 0.15) is 17.3 Å². The summed E-state index contributed by atoms with van der Waals surface area (Å²) in [6.45, 7) is 1.37. The smallest absolute Gasteiger partial charge is 0.261 e. The van der Waals surface area contributed by atoms with E-state index in [-0.39, 0.29) is 16.5 Å². The van der Waals surface area contributed by atoms with Crippen LogP contribution in [-0.4, -0.2) is 23.9 Å². The normalized spacial score (nSPS) is 10.3. The minimum absolute atomic E-state index is 0.236. The lowest BCUT2D eigenvalue weighted by molar-refractivity contribution is -0.114. The molecule has 1 heterocycles. The number of rotatable bonds is 5. The van der Waals surface area contributed by atoms with Crippen LogP contribution in [0, 0.1) is 0 Å². The molecule has 0 saturated carbocycles. The lowest BCUT2D eigenvalue weighted by atomic mass is 10.1. The Bertz CT molecular complexity index is 989. The Morgan fingerprint density at radius 2 is 1.89 bits per heavy atom. The van der Waals surface area contributed by atoms with Crippen LogP contribution in [0.5, 0.6) is 5.75 Å². The summed E-state index contributed by atoms with van der Waals surface area (Å²) in [6.07, 6.45) is 0. The van der Waals surface area contributed by atoms with Crippen LogP contribution >= 0.6 is 22.9 Å². The fraction of sp³-hybridized carbons (Fsp3) is 0.105. The Morgan fingerprint density at radius 1 is 1.15 bits per heavy atom. The van der Waals surface area contributed by atoms with E-state index in [1.54, 1.807) is 0 Å². The number of carbonyl (C=O) groups is 2. The van der Waals surface area contributed by atoms with E-state index in [0.29, 0.717) is 16.6 Å². The van der Waals surface area contributed by atoms with Crippen LogP contribution in [0.15, 0.2) is 47.8 Å². The van der Waals surface area contributed by atoms with E-state index in [0.717, 1.165) is 11.3 Å². The Labute approximate surface area is 165 Å². The molecule has 8 heteroatoms. The Hall–Kier alpha value is -2.90. The molecule has 3 aromatic rings. The van der Waals surface area contributed by atoms with Crippen LogP contribution in [-0.2, 0) is 4.79 Å². The van der Waals surface area contributed by atoms with E-state index in [4.69, 9.17) is 16.3 Å². The summed E-state index contributed by atoms with van der Waals surface area (Å²) in [7, 11) is 1.44. The van der Waals surface area contributed by atoms with Gasteiger partial charge in [0.1, 0.15) is 5.75 Å². The highest BCUT2D eigenvalue weighted by molar-refractivity contribution is 7.14. The van der Waals surface area contributed by atoms with Crippen molar-refractivity contribution < 1.29 is 14.3 Å². The van der Waals surface area contributed by atoms with Crippen molar-refractivity contribution in [2.24, 2.45) is 0 Å². The van der Waals surface area contributed by atoms with Gasteiger partial charge in [0, 0.05) is 23.9 Å². The molecule has 0 aliphatic rings. The molecule has 0 spiro atoms. The Kier molecular flexibility index (Phi) is 5.73. The number of methoxy groups -OCH3 is 1. The fourth-order valence-electron chi connectivity index (χ4n) is 2.42. The Balaban J connectivity index is 1.83. The molecule has 6 nitrogen and oxygen atoms in total. The number of thiazole rings is 1. The van der Waals surface area contributed by atoms with E-state index in [9.17, 15) is 9.59 Å². The quantitative estimate of drug-likeness (QED) is 0.650. The number of carbonyl (C=O) groups excluding carboxylic acids is 2. The molecular formula is C19H16ClN3O3S. The van der Waals surface area contributed by atoms with E-state index in [1.165, 1.54) is 37.5 Å². The van der Waals surface area contributed by atoms with Gasteiger partial charge in [0.25, 0.3) is 5.91 Å². The van der Waals surface area contributed by atoms with Gasteiger partial charge in [-0.05, 0) is 6.07 Å². The molecule has 0 aliphatic carbocycles. The largest absolute Gasteiger partial charge is 0.496 e. The summed E-state index contributed by atoms with van der Waals surface area (Å²) in [5.74, 6) is -0.384. The van der Waals surface area contributed by atoms with Gasteiger partial charge >= 0.3 is 0 Å². The maximum atomic E-state index is 12.7. The highest BCUT2D eigenvalue weighted by Gasteiger charge is 2.18. The predicted octanol–water partition coefficient (Wildman–Crippen LogP) is 4.68. The van der Waals surface area contributed by atoms with E-state index < -0.39 is 5.91 Å². The molecule has 0 saturated heterocycles. The minimum atomic E-state index is -0.405. The minimum Gasteiger partial charge on any atom is -0.496 e. The number of hydrogen-bond acceptors (Lipinski definition) is 5. The number of nitrogens with one attached hydrogen (secondary N) is 2. The van der Waals surface area contributed by atoms with Crippen molar-refractivity contribution in [1.29, 1.82) is 0 Å². The van der Waals surface area contributed by atoms with Gasteiger partial charge in [-0.2, -0.15) is 0 Å². The molecule has 0 bridgehead atoms. The highest BCUT2D eigenvalue weighted by atomic mass is 35.5. The topological polar surface area (TPSA) is 80.3 Å². The summed E-state index contributed by atoms with van der Waals surface area (Å²) in [5.41, 5.74) is 2.36. The predicted molar refractivity (Wildman–Crippen MR) is 108 cm³/mol. The number of benzene rings is 2. The van der Waals surface area contributed by atoms with Gasteiger partial charge in [-0.3, -0.25) is 14.9 Å². The van der Waals surface area contributed by atoms with Crippen molar-refractivity contribution in [2.75, 3.05) is 17.7 Å². The molecule has 0 aliphatic heterocycles. The number of aromatic nitrogens is 1. The number of anilines is 2. The molecule has 0 unspecified atom stereocenters. The fourth-order valence-corrected chi connectivity index (χ4v) is 3.35. The molecule has 0 atom stereocenters. The zero-order valence-electron chi connectivity index (χ0n) is 14.6. The van der Waals surface area contributed by atoms with Gasteiger partial charge in [-0.25, -0.2) is 4.98 Å². The van der Waals surface area contributed by atoms with Crippen molar-refractivity contribution >= 4 is 45.6 Å². The third kappa shape index (κ3) is 4.45. The van der Waals surface area contributed by atoms with E-state index in [1.807, 2.05) is 35.7 Å². The zero-order valence-corrected chi connectivity index (χ0v) is 16.1. The van der Waals surface area contributed by atoms with Gasteiger partial charge < -0.3 is 10.1 Å². The first kappa shape index (κ1) is 18.9. The van der Waals surface area contributed by atoms with Crippen molar-refractivity contribution in [2.45, 2.75) is 6.92 Å². The summed E-state index contributed by atoms with van der Waals surface area (Å²) in [5, 5.41) is 7.91. The molecule has 0 fully saturated rings. The molecule has 1 aromatic heterocycles. The third-order valence-electron chi connectivity index (χ3n) is 3.64. The summed E-state index contributed by atoms with van der Waals surface area (Å²) in [4.78, 5) is 28.3. The average molecular weight is 402 g/mol. The molecule has 27 heavy (non-hydrogen) atoms. The molecule has 0 radical (unpaired) electrons. The van der Waals surface area contributed by atoms with Crippen LogP contribution in [0.4, 0.5) is 10.8 Å². The van der Waals surface area contributed by atoms with Crippen molar-refractivity contribution in [3.8, 4) is 17.0 Å². The van der Waals surface area contributed by atoms with E-state index in [2.05, 4.69) is 15.6 Å². The van der Waals surface area contributed by atoms with Gasteiger partial charge in [0.2, 0.25) is 5.91 Å². The molecule has 2 N–H and O–H groups in total. The van der Waals surface area contributed by atoms with E-state index >= 15 is 0 Å². The second-order valence-electron chi connectivity index (χ2n) is 5.57. The average Bonchev–Trinajstić information content (AvgIpc) is 3.12. The lowest BCUT2D eigenvalue weighted by Crippen LogP contribution is -2.14. The number of halogens is 1. The first-order chi connectivity index (χ1) is 13.0. The van der Waals surface area contributed by atoms with Crippen LogP contribution in [0.2, 0.25) is 5.02 Å². The maximum absolute atomic E-state index is 12.7. The molecule has 2 aromatic carbocycles. The molecule has 138 valence electrons. The highest BCUT2D eigenvalue weighted by Crippen LogP contribution is 2.32. The lowest BCUT2D eigenvalue weighted by Gasteiger charge is -2.12. The van der Waals surface area contributed by atoms with Gasteiger partial charge in [-0.15, -0.1) is 11.3 Å². The van der Waals surface area contributed by atoms with Gasteiger partial charge in [-0.1, -0.05) is 41.9 Å². The molecule has 3 rings (SSSR count). The number of nitrogens with zero attached hydrogens (tertiary/aromatic N) is 1. The van der Waals surface area contributed by atoms with Crippen LogP contribution in [0.25, 0.3) is 11.3 Å². The first-order valence-electron chi connectivity index (χ1n) is 7.95. The van der Waals surface area contributed by atoms with Crippen molar-refractivity contribution in [3.05, 3.63) is 58.4 Å². The first-order valence-corrected chi connectivity index (χ1v) is 9.21. The third-order valence-corrected chi connectivity index (χ3v) is 4.71. The van der Waals surface area contributed by atoms with Crippen LogP contribution < -0.4 is 15.4 Å². The number of hydrogen-bond donors (Lipinski definition) is 2. The molecule has 2 amide bonds. The monoisotopic (exact) mass is 401 g/mol. The second-order valence-corrected chi connectivity index (χ2v) is 6.84. The van der Waals surface area contributed by atoms with Gasteiger partial charge in [0.05, 0.1) is 29.1 Å². The molecular weight excluding hydrogens is 386 g/mol. The SMILES string of the molecule is COc1cc(NC(C)=O)c(Cl)cc1C(=O)Nc1nc(-c2ccccc2)cs1. The standard InChI is InChI=1S/C19H16ClN3O3S/c1-11(24)21-15-9-17(26-2)13(8-14(15)20)18(25)23-19-22-16(10-27-19)12-6-4-3-5-7-12/h3-10H,1-2H3,(H,21,24)(H,22,23,25). The maximum Gasteiger partial charge on any atom is 0.261 e. The van der Waals surface area contributed by atoms with Gasteiger partial charge in [0.15, 0.2) is 5.13 Å². The summed E-state index contributed by atoms with van der Waals surface area (Å²) in [6, 6.07) is 12.6. The summed E-state index contributed by atoms with van der Waals surface area (Å²) >= 11 is 7.49. The number of ether oxygens (including phenoxy) is 1. The van der Waals surface area contributed by atoms with Crippen LogP contribution in [0.3, 0.4) is 0 Å². The zero-order chi connectivity index (χ0) is 19.4. The summed E-state index contributed by atoms with van der Waals surface area (Å²) < 4.78 is 5.27. The number of amides is 2. The Morgan fingerprint density at radius 3 is 2.56 bits per heavy atom. The second kappa shape index (κ2) is 8.20.